The molecule has 0 saturated carbocycles. The van der Waals surface area contributed by atoms with Gasteiger partial charge in [0.2, 0.25) is 0 Å². The fourth-order valence-electron chi connectivity index (χ4n) is 5.06. The Balaban J connectivity index is -0.0000000471. The van der Waals surface area contributed by atoms with Crippen molar-refractivity contribution in [2.75, 3.05) is 19.8 Å². The number of allylic oxidation sites excluding steroid dienone is 12. The van der Waals surface area contributed by atoms with Gasteiger partial charge in [-0.2, -0.15) is 0 Å². The molecule has 20 N–H and O–H groups in total. The van der Waals surface area contributed by atoms with Crippen LogP contribution in [0.2, 0.25) is 0 Å². The van der Waals surface area contributed by atoms with Crippen LogP contribution in [0.1, 0.15) is 420 Å². The smallest absolute Gasteiger partial charge is 0.325 e. The first-order chi connectivity index (χ1) is 52.8. The summed E-state index contributed by atoms with van der Waals surface area (Å²) in [4.78, 5) is 57.8. The summed E-state index contributed by atoms with van der Waals surface area (Å²) in [5.74, 6) is 2.54. The fraction of sp³-hybridized carbons (Fsp3) is 0.820. The van der Waals surface area contributed by atoms with Crippen LogP contribution in [-0.4, -0.2) is 185 Å². The maximum absolute atomic E-state index is 9.79. The summed E-state index contributed by atoms with van der Waals surface area (Å²) in [6.07, 6.45) is 10.2. The predicted molar refractivity (Wildman–Crippen MR) is 529 cm³/mol. The van der Waals surface area contributed by atoms with Gasteiger partial charge in [0.25, 0.3) is 0 Å². The van der Waals surface area contributed by atoms with Crippen molar-refractivity contribution in [1.82, 2.24) is 0 Å². The van der Waals surface area contributed by atoms with Crippen molar-refractivity contribution in [3.8, 4) is 0 Å². The average molecular weight is 2280 g/mol. The summed E-state index contributed by atoms with van der Waals surface area (Å²) in [5.41, 5.74) is -4.67. The van der Waals surface area contributed by atoms with Crippen LogP contribution >= 0.6 is 0 Å². The number of ketones is 6. The van der Waals surface area contributed by atoms with Gasteiger partial charge in [-0.1, -0.05) is 235 Å². The van der Waals surface area contributed by atoms with Gasteiger partial charge in [-0.25, -0.2) is 0 Å². The van der Waals surface area contributed by atoms with Crippen molar-refractivity contribution in [2.24, 2.45) is 70.4 Å². The van der Waals surface area contributed by atoms with E-state index in [4.69, 9.17) is 40.9 Å². The molecule has 0 aromatic carbocycles. The van der Waals surface area contributed by atoms with Crippen molar-refractivity contribution in [3.05, 3.63) is 71.0 Å². The van der Waals surface area contributed by atoms with E-state index in [0.717, 1.165) is 12.8 Å². The van der Waals surface area contributed by atoms with Crippen LogP contribution in [0.15, 0.2) is 71.0 Å². The maximum Gasteiger partial charge on any atom is 0.325 e. The molecule has 0 aromatic rings. The maximum atomic E-state index is 9.79. The number of hydrogen-bond donors (Lipinski definition) is 14. The Kier molecular flexibility index (Phi) is 131. The molecule has 4 atom stereocenters. The molecule has 26 heteroatoms. The molecule has 0 aliphatic rings. The predicted octanol–water partition coefficient (Wildman–Crippen LogP) is 25.7. The van der Waals surface area contributed by atoms with Crippen LogP contribution in [0.3, 0.4) is 0 Å². The molecule has 0 bridgehead atoms. The van der Waals surface area contributed by atoms with Crippen LogP contribution in [0.5, 0.6) is 0 Å². The second-order valence-corrected chi connectivity index (χ2v) is 41.3. The van der Waals surface area contributed by atoms with E-state index in [0.29, 0.717) is 19.3 Å². The second kappa shape index (κ2) is 90.4. The molecule has 0 rings (SSSR count). The minimum Gasteiger partial charge on any atom is -0.511 e. The van der Waals surface area contributed by atoms with E-state index in [-0.39, 0.29) is 335 Å². The van der Waals surface area contributed by atoms with Gasteiger partial charge in [0.1, 0.15) is 34.6 Å². The third-order valence-corrected chi connectivity index (χ3v) is 15.0. The molecule has 4 unspecified atom stereocenters. The monoisotopic (exact) mass is 2270 g/mol. The van der Waals surface area contributed by atoms with Crippen molar-refractivity contribution >= 4 is 34.7 Å². The summed E-state index contributed by atoms with van der Waals surface area (Å²) in [6.45, 7) is 107. The molecule has 0 aromatic heterocycles. The molecule has 0 heterocycles. The molecule has 0 aliphatic heterocycles. The molecule has 0 radical (unpaired) electrons. The Bertz CT molecular complexity index is 2460. The number of aliphatic hydroxyl groups excluding tert-OH is 13. The van der Waals surface area contributed by atoms with Crippen molar-refractivity contribution < 1.29 is 257 Å². The molecule has 126 heavy (non-hydrogen) atoms. The Morgan fingerprint density at radius 1 is 0.270 bits per heavy atom. The Morgan fingerprint density at radius 2 is 0.429 bits per heavy atom. The van der Waals surface area contributed by atoms with Gasteiger partial charge >= 0.3 is 34.7 Å². The van der Waals surface area contributed by atoms with E-state index in [1.54, 1.807) is 48.5 Å². The first-order valence-electron chi connectivity index (χ1n) is 44.0. The number of rotatable bonds is 17. The van der Waals surface area contributed by atoms with Crippen LogP contribution in [0.25, 0.3) is 0 Å². The summed E-state index contributed by atoms with van der Waals surface area (Å²) < 4.78 is 0. The van der Waals surface area contributed by atoms with E-state index >= 15 is 0 Å². The van der Waals surface area contributed by atoms with Crippen molar-refractivity contribution in [2.45, 2.75) is 450 Å². The molecule has 0 spiro atoms. The van der Waals surface area contributed by atoms with Gasteiger partial charge in [-0.05, 0) is 178 Å². The second-order valence-electron chi connectivity index (χ2n) is 41.3. The summed E-state index contributed by atoms with van der Waals surface area (Å²) in [6, 6.07) is 0. The molecule has 0 aliphatic carbocycles. The SMILES string of the molecule is CC.CC.CC.CC.CC.CC.CC(C)(C)C(=[OH+])C=C(O)C(C)(C)C.CC(C)(C)C(=[OH+])C=C(O)C(C)(C)C.CC(C)(C)C(=[OH+])C=C(O)C(C)(C)C.CC(C)(C)C(=[OH+])C=C(O)C(C)(C)C.CC(C)(C)C(=[OH+])C=C(O)C(C)(C)C.CC(C)(CO)CO.CC(O)CC(C)(C)O.CC(O)CCO.CCC(C)(C)C(=[OH+])C=C(O)C(C)(C)C.CCC(O)CC(C)O.[Zr].[Zr].[Zr].[Zr].[Zr].[Zr]. The van der Waals surface area contributed by atoms with Gasteiger partial charge in [0.15, 0.2) is 0 Å². The Morgan fingerprint density at radius 3 is 0.484 bits per heavy atom. The van der Waals surface area contributed by atoms with Gasteiger partial charge in [-0.3, -0.25) is 28.8 Å². The third kappa shape index (κ3) is 133. The van der Waals surface area contributed by atoms with Crippen LogP contribution in [0.4, 0.5) is 0 Å². The Hall–Kier alpha value is 0.239. The number of hydrogen-bond acceptors (Lipinski definition) is 14. The topological polar surface area (TPSA) is 412 Å². The summed E-state index contributed by atoms with van der Waals surface area (Å²) in [5, 5.41) is 126. The van der Waals surface area contributed by atoms with Crippen LogP contribution < -0.4 is 0 Å². The molecule has 20 nitrogen and oxygen atoms in total. The number of aliphatic hydroxyl groups is 14. The zero-order valence-electron chi connectivity index (χ0n) is 92.4. The minimum atomic E-state index is -0.728. The normalized spacial score (nSPS) is 12.9. The zero-order valence-corrected chi connectivity index (χ0v) is 107. The largest absolute Gasteiger partial charge is 0.511 e. The van der Waals surface area contributed by atoms with Gasteiger partial charge in [-0.15, -0.1) is 0 Å². The van der Waals surface area contributed by atoms with Crippen LogP contribution in [-0.2, 0) is 157 Å². The van der Waals surface area contributed by atoms with Gasteiger partial charge in [0.05, 0.1) is 112 Å². The van der Waals surface area contributed by atoms with Gasteiger partial charge < -0.3 is 71.5 Å². The van der Waals surface area contributed by atoms with Crippen molar-refractivity contribution in [3.63, 3.8) is 0 Å². The average Bonchev–Trinajstić information content (AvgIpc) is 1.32. The van der Waals surface area contributed by atoms with E-state index in [1.807, 2.05) is 339 Å². The zero-order chi connectivity index (χ0) is 102. The van der Waals surface area contributed by atoms with E-state index in [9.17, 15) is 59.4 Å². The quantitative estimate of drug-likeness (QED) is 0.0366. The van der Waals surface area contributed by atoms with E-state index < -0.39 is 11.7 Å². The molecule has 0 saturated heterocycles. The fourth-order valence-corrected chi connectivity index (χ4v) is 5.06. The molecule has 0 fully saturated rings. The van der Waals surface area contributed by atoms with E-state index in [2.05, 4.69) is 0 Å². The first kappa shape index (κ1) is 182. The van der Waals surface area contributed by atoms with Gasteiger partial charge in [0, 0.05) is 208 Å². The molecule has 0 amide bonds. The summed E-state index contributed by atoms with van der Waals surface area (Å²) >= 11 is 0. The minimum absolute atomic E-state index is 0. The van der Waals surface area contributed by atoms with Crippen LogP contribution in [0, 0.1) is 70.4 Å². The first-order valence-corrected chi connectivity index (χ1v) is 44.0. The van der Waals surface area contributed by atoms with Crippen molar-refractivity contribution in [1.29, 1.82) is 0 Å². The third-order valence-electron chi connectivity index (χ3n) is 15.0. The summed E-state index contributed by atoms with van der Waals surface area (Å²) in [7, 11) is 0. The molecular weight excluding hydrogens is 2070 g/mol. The molecular formula is C100H214O20Zr6+6. The number of carbonyl (C=O) groups excluding carboxylic acids is 6. The Labute approximate surface area is 893 Å². The molecule has 752 valence electrons. The van der Waals surface area contributed by atoms with E-state index in [1.165, 1.54) is 36.5 Å². The standard InChI is InChI=1S/C12H22O2.5C11H20O2.2C6H14O2.C5H12O2.C4H10O2.6C2H6.6Zr/c1-7-12(5,6)10(14)8-9(13)11(2,3)4;5*1-10(2,3)8(12)7-9(13)11(4,5)6;1-5(7)4-6(2,3)8;1-3-6(8)4-5(2)7;1-5(2,3-6)4-7;1-4(6)2-3-5;6*1-2;;;;;;/h8,13H,7H2,1-6H3;5*7,12H,1-6H3;5,7-8H,4H2,1-3H3;5-8H,3-4H2,1-2H3;6-7H,3-4H2,1-2H3;4-6H,2-3H2,1H3;6*1-2H3;;;;;;/p+6.